The van der Waals surface area contributed by atoms with Gasteiger partial charge < -0.3 is 9.47 Å². The van der Waals surface area contributed by atoms with Crippen LogP contribution in [0.15, 0.2) is 42.5 Å². The molecule has 0 amide bonds. The maximum absolute atomic E-state index is 12.7. The molecule has 0 N–H and O–H groups in total. The summed E-state index contributed by atoms with van der Waals surface area (Å²) in [5.74, 6) is -0.00439. The Kier molecular flexibility index (Phi) is 4.35. The highest BCUT2D eigenvalue weighted by Gasteiger charge is 2.07. The second kappa shape index (κ2) is 6.19. The van der Waals surface area contributed by atoms with Gasteiger partial charge in [-0.1, -0.05) is 6.07 Å². The van der Waals surface area contributed by atoms with Crippen molar-refractivity contribution in [1.82, 2.24) is 0 Å². The number of rotatable bonds is 4. The highest BCUT2D eigenvalue weighted by molar-refractivity contribution is 5.73. The predicted octanol–water partition coefficient (Wildman–Crippen LogP) is 3.43. The predicted molar refractivity (Wildman–Crippen MR) is 73.4 cm³/mol. The van der Waals surface area contributed by atoms with Crippen molar-refractivity contribution in [3.63, 3.8) is 0 Å². The number of carbonyl (C=O) groups is 1. The fraction of sp³-hybridized carbons (Fsp3) is 0.188. The molecule has 0 bridgehead atoms. The lowest BCUT2D eigenvalue weighted by Crippen LogP contribution is -2.17. The smallest absolute Gasteiger partial charge is 0.349 e. The quantitative estimate of drug-likeness (QED) is 0.633. The molecule has 0 aliphatic carbocycles. The number of aryl methyl sites for hydroxylation is 2. The lowest BCUT2D eigenvalue weighted by atomic mass is 10.1. The van der Waals surface area contributed by atoms with Gasteiger partial charge in [0.25, 0.3) is 0 Å². The van der Waals surface area contributed by atoms with Crippen LogP contribution in [0.25, 0.3) is 0 Å². The molecule has 0 aliphatic heterocycles. The first-order chi connectivity index (χ1) is 9.54. The number of hydrogen-bond donors (Lipinski definition) is 0. The summed E-state index contributed by atoms with van der Waals surface area (Å²) < 4.78 is 23.1. The summed E-state index contributed by atoms with van der Waals surface area (Å²) in [5.41, 5.74) is 2.25. The zero-order valence-electron chi connectivity index (χ0n) is 11.4. The number of halogens is 1. The second-order valence-electron chi connectivity index (χ2n) is 4.46. The topological polar surface area (TPSA) is 35.5 Å². The van der Waals surface area contributed by atoms with Gasteiger partial charge in [-0.25, -0.2) is 9.18 Å². The van der Waals surface area contributed by atoms with Crippen molar-refractivity contribution >= 4 is 5.97 Å². The van der Waals surface area contributed by atoms with Crippen LogP contribution < -0.4 is 9.47 Å². The van der Waals surface area contributed by atoms with Gasteiger partial charge in [-0.2, -0.15) is 0 Å². The van der Waals surface area contributed by atoms with E-state index in [0.717, 1.165) is 11.1 Å². The van der Waals surface area contributed by atoms with Crippen LogP contribution in [-0.4, -0.2) is 12.6 Å². The monoisotopic (exact) mass is 274 g/mol. The fourth-order valence-corrected chi connectivity index (χ4v) is 1.61. The van der Waals surface area contributed by atoms with Gasteiger partial charge in [0.1, 0.15) is 17.3 Å². The lowest BCUT2D eigenvalue weighted by Gasteiger charge is -2.08. The van der Waals surface area contributed by atoms with Crippen molar-refractivity contribution in [2.45, 2.75) is 13.8 Å². The van der Waals surface area contributed by atoms with Crippen molar-refractivity contribution in [2.75, 3.05) is 6.61 Å². The summed E-state index contributed by atoms with van der Waals surface area (Å²) in [4.78, 5) is 11.6. The zero-order valence-corrected chi connectivity index (χ0v) is 11.4. The van der Waals surface area contributed by atoms with E-state index in [9.17, 15) is 9.18 Å². The summed E-state index contributed by atoms with van der Waals surface area (Å²) in [6.07, 6.45) is 0. The largest absolute Gasteiger partial charge is 0.482 e. The van der Waals surface area contributed by atoms with Crippen LogP contribution in [0, 0.1) is 19.7 Å². The molecule has 2 aromatic rings. The first kappa shape index (κ1) is 14.1. The highest BCUT2D eigenvalue weighted by atomic mass is 19.1. The normalized spacial score (nSPS) is 10.2. The maximum atomic E-state index is 12.7. The van der Waals surface area contributed by atoms with Crippen LogP contribution in [-0.2, 0) is 4.79 Å². The molecule has 4 heteroatoms. The van der Waals surface area contributed by atoms with E-state index in [1.807, 2.05) is 26.0 Å². The van der Waals surface area contributed by atoms with Gasteiger partial charge in [0.05, 0.1) is 0 Å². The first-order valence-corrected chi connectivity index (χ1v) is 6.21. The molecular weight excluding hydrogens is 259 g/mol. The summed E-state index contributed by atoms with van der Waals surface area (Å²) in [7, 11) is 0. The molecule has 0 saturated heterocycles. The molecule has 0 radical (unpaired) electrons. The molecule has 20 heavy (non-hydrogen) atoms. The van der Waals surface area contributed by atoms with E-state index in [1.165, 1.54) is 24.3 Å². The average molecular weight is 274 g/mol. The number of esters is 1. The van der Waals surface area contributed by atoms with Crippen LogP contribution in [0.3, 0.4) is 0 Å². The molecule has 0 heterocycles. The molecule has 104 valence electrons. The minimum atomic E-state index is -0.533. The van der Waals surface area contributed by atoms with E-state index < -0.39 is 5.97 Å². The van der Waals surface area contributed by atoms with Gasteiger partial charge in [0.15, 0.2) is 6.61 Å². The SMILES string of the molecule is Cc1ccc(OCC(=O)Oc2ccc(F)cc2)cc1C. The first-order valence-electron chi connectivity index (χ1n) is 6.21. The van der Waals surface area contributed by atoms with E-state index in [1.54, 1.807) is 6.07 Å². The summed E-state index contributed by atoms with van der Waals surface area (Å²) in [6, 6.07) is 10.8. The third kappa shape index (κ3) is 3.82. The van der Waals surface area contributed by atoms with Crippen molar-refractivity contribution in [1.29, 1.82) is 0 Å². The molecule has 2 aromatic carbocycles. The van der Waals surface area contributed by atoms with Gasteiger partial charge in [-0.15, -0.1) is 0 Å². The van der Waals surface area contributed by atoms with E-state index in [0.29, 0.717) is 11.5 Å². The Morgan fingerprint density at radius 1 is 1.00 bits per heavy atom. The van der Waals surface area contributed by atoms with Gasteiger partial charge in [0, 0.05) is 0 Å². The Morgan fingerprint density at radius 2 is 1.65 bits per heavy atom. The van der Waals surface area contributed by atoms with Crippen LogP contribution in [0.2, 0.25) is 0 Å². The Labute approximate surface area is 117 Å². The molecular formula is C16H15FO3. The summed E-state index contributed by atoms with van der Waals surface area (Å²) >= 11 is 0. The molecule has 0 atom stereocenters. The van der Waals surface area contributed by atoms with E-state index in [2.05, 4.69) is 0 Å². The third-order valence-corrected chi connectivity index (χ3v) is 2.88. The van der Waals surface area contributed by atoms with Crippen molar-refractivity contribution < 1.29 is 18.7 Å². The van der Waals surface area contributed by atoms with E-state index in [-0.39, 0.29) is 12.4 Å². The van der Waals surface area contributed by atoms with Gasteiger partial charge in [0.2, 0.25) is 0 Å². The minimum absolute atomic E-state index is 0.195. The van der Waals surface area contributed by atoms with Crippen molar-refractivity contribution in [3.8, 4) is 11.5 Å². The zero-order chi connectivity index (χ0) is 14.5. The van der Waals surface area contributed by atoms with Gasteiger partial charge in [-0.05, 0) is 61.4 Å². The Bertz CT molecular complexity index is 606. The van der Waals surface area contributed by atoms with Crippen LogP contribution >= 0.6 is 0 Å². The molecule has 0 saturated carbocycles. The Balaban J connectivity index is 1.88. The number of hydrogen-bond acceptors (Lipinski definition) is 3. The molecule has 0 aliphatic rings. The molecule has 0 fully saturated rings. The number of benzene rings is 2. The van der Waals surface area contributed by atoms with Crippen molar-refractivity contribution in [2.24, 2.45) is 0 Å². The fourth-order valence-electron chi connectivity index (χ4n) is 1.61. The minimum Gasteiger partial charge on any atom is -0.482 e. The second-order valence-corrected chi connectivity index (χ2v) is 4.46. The summed E-state index contributed by atoms with van der Waals surface area (Å²) in [5, 5.41) is 0. The van der Waals surface area contributed by atoms with Crippen LogP contribution in [0.5, 0.6) is 11.5 Å². The molecule has 0 aromatic heterocycles. The van der Waals surface area contributed by atoms with E-state index >= 15 is 0 Å². The average Bonchev–Trinajstić information content (AvgIpc) is 2.43. The number of ether oxygens (including phenoxy) is 2. The van der Waals surface area contributed by atoms with Crippen LogP contribution in [0.4, 0.5) is 4.39 Å². The third-order valence-electron chi connectivity index (χ3n) is 2.88. The highest BCUT2D eigenvalue weighted by Crippen LogP contribution is 2.16. The molecule has 3 nitrogen and oxygen atoms in total. The number of carbonyl (C=O) groups excluding carboxylic acids is 1. The van der Waals surface area contributed by atoms with Crippen molar-refractivity contribution in [3.05, 3.63) is 59.4 Å². The van der Waals surface area contributed by atoms with Gasteiger partial charge in [-0.3, -0.25) is 0 Å². The lowest BCUT2D eigenvalue weighted by molar-refractivity contribution is -0.136. The molecule has 0 spiro atoms. The standard InChI is InChI=1S/C16H15FO3/c1-11-3-6-15(9-12(11)2)19-10-16(18)20-14-7-4-13(17)5-8-14/h3-9H,10H2,1-2H3. The van der Waals surface area contributed by atoms with Crippen LogP contribution in [0.1, 0.15) is 11.1 Å². The van der Waals surface area contributed by atoms with E-state index in [4.69, 9.17) is 9.47 Å². The Hall–Kier alpha value is -2.36. The van der Waals surface area contributed by atoms with Gasteiger partial charge >= 0.3 is 5.97 Å². The summed E-state index contributed by atoms with van der Waals surface area (Å²) in [6.45, 7) is 3.78. The Morgan fingerprint density at radius 3 is 2.30 bits per heavy atom. The molecule has 2 rings (SSSR count). The molecule has 0 unspecified atom stereocenters. The maximum Gasteiger partial charge on any atom is 0.349 e.